The van der Waals surface area contributed by atoms with Gasteiger partial charge in [0.2, 0.25) is 11.8 Å². The van der Waals surface area contributed by atoms with Crippen molar-refractivity contribution in [1.29, 1.82) is 0 Å². The van der Waals surface area contributed by atoms with Crippen LogP contribution in [0.15, 0.2) is 30.4 Å². The average Bonchev–Trinajstić information content (AvgIpc) is 2.56. The topological polar surface area (TPSA) is 133 Å². The lowest BCUT2D eigenvalue weighted by molar-refractivity contribution is -0.126. The van der Waals surface area contributed by atoms with Gasteiger partial charge < -0.3 is 20.8 Å². The molecule has 1 atom stereocenters. The van der Waals surface area contributed by atoms with Crippen LogP contribution in [0.3, 0.4) is 0 Å². The second kappa shape index (κ2) is 8.62. The first kappa shape index (κ1) is 19.9. The lowest BCUT2D eigenvalue weighted by Gasteiger charge is -2.14. The summed E-state index contributed by atoms with van der Waals surface area (Å²) in [4.78, 5) is 46.0. The summed E-state index contributed by atoms with van der Waals surface area (Å²) in [5.74, 6) is -4.04. The highest BCUT2D eigenvalue weighted by Gasteiger charge is 2.22. The van der Waals surface area contributed by atoms with Crippen LogP contribution in [0, 0.1) is 0 Å². The third-order valence-corrected chi connectivity index (χ3v) is 3.50. The van der Waals surface area contributed by atoms with E-state index in [1.807, 2.05) is 0 Å². The van der Waals surface area contributed by atoms with Crippen LogP contribution in [0.25, 0.3) is 0 Å². The number of carboxylic acid groups (broad SMARTS) is 1. The molecule has 4 N–H and O–H groups in total. The highest BCUT2D eigenvalue weighted by atomic mass is 16.4. The fourth-order valence-electron chi connectivity index (χ4n) is 1.97. The zero-order chi connectivity index (χ0) is 19.1. The molecule has 0 saturated heterocycles. The highest BCUT2D eigenvalue weighted by Crippen LogP contribution is 2.29. The molecule has 0 heterocycles. The monoisotopic (exact) mass is 348 g/mol. The van der Waals surface area contributed by atoms with E-state index in [1.54, 1.807) is 0 Å². The Morgan fingerprint density at radius 2 is 1.80 bits per heavy atom. The van der Waals surface area contributed by atoms with E-state index in [4.69, 9.17) is 5.11 Å². The molecule has 1 unspecified atom stereocenters. The van der Waals surface area contributed by atoms with Crippen LogP contribution in [0.2, 0.25) is 0 Å². The van der Waals surface area contributed by atoms with E-state index >= 15 is 0 Å². The molecule has 0 spiro atoms. The largest absolute Gasteiger partial charge is 0.507 e. The SMILES string of the molecule is C=C(C)C(=O)NCC(=O)NCC(=O)C(C)c1cccc(C(=O)O)c1O. The first-order chi connectivity index (χ1) is 11.6. The molecule has 0 aromatic heterocycles. The van der Waals surface area contributed by atoms with Crippen molar-refractivity contribution in [3.63, 3.8) is 0 Å². The number of aromatic carboxylic acids is 1. The van der Waals surface area contributed by atoms with Crippen LogP contribution in [0.4, 0.5) is 0 Å². The number of nitrogens with one attached hydrogen (secondary N) is 2. The van der Waals surface area contributed by atoms with Gasteiger partial charge in [0, 0.05) is 17.1 Å². The molecular formula is C17H20N2O6. The number of carbonyl (C=O) groups is 4. The highest BCUT2D eigenvalue weighted by molar-refractivity contribution is 5.96. The van der Waals surface area contributed by atoms with Crippen molar-refractivity contribution in [3.05, 3.63) is 41.5 Å². The fourth-order valence-corrected chi connectivity index (χ4v) is 1.97. The number of carbonyl (C=O) groups excluding carboxylic acids is 3. The Labute approximate surface area is 144 Å². The van der Waals surface area contributed by atoms with Crippen LogP contribution < -0.4 is 10.6 Å². The first-order valence-corrected chi connectivity index (χ1v) is 7.43. The lowest BCUT2D eigenvalue weighted by atomic mass is 9.93. The van der Waals surface area contributed by atoms with Gasteiger partial charge in [-0.25, -0.2) is 4.79 Å². The quantitative estimate of drug-likeness (QED) is 0.508. The average molecular weight is 348 g/mol. The molecule has 1 aromatic carbocycles. The third-order valence-electron chi connectivity index (χ3n) is 3.50. The summed E-state index contributed by atoms with van der Waals surface area (Å²) in [5, 5.41) is 23.6. The summed E-state index contributed by atoms with van der Waals surface area (Å²) in [6.45, 7) is 5.80. The Hall–Kier alpha value is -3.16. The minimum atomic E-state index is -1.31. The fraction of sp³-hybridized carbons (Fsp3) is 0.294. The molecule has 0 fully saturated rings. The van der Waals surface area contributed by atoms with Gasteiger partial charge in [0.05, 0.1) is 13.1 Å². The molecule has 25 heavy (non-hydrogen) atoms. The van der Waals surface area contributed by atoms with Crippen molar-refractivity contribution in [1.82, 2.24) is 10.6 Å². The number of phenols is 1. The molecular weight excluding hydrogens is 328 g/mol. The van der Waals surface area contributed by atoms with E-state index in [0.717, 1.165) is 0 Å². The van der Waals surface area contributed by atoms with Gasteiger partial charge in [-0.2, -0.15) is 0 Å². The number of rotatable bonds is 8. The molecule has 134 valence electrons. The molecule has 2 amide bonds. The lowest BCUT2D eigenvalue weighted by Crippen LogP contribution is -2.39. The Morgan fingerprint density at radius 3 is 2.36 bits per heavy atom. The predicted octanol–water partition coefficient (Wildman–Crippen LogP) is 0.571. The van der Waals surface area contributed by atoms with Crippen LogP contribution >= 0.6 is 0 Å². The Bertz CT molecular complexity index is 726. The van der Waals surface area contributed by atoms with E-state index in [1.165, 1.54) is 32.0 Å². The molecule has 1 aromatic rings. The normalized spacial score (nSPS) is 11.3. The molecule has 8 nitrogen and oxygen atoms in total. The van der Waals surface area contributed by atoms with Crippen LogP contribution in [0.1, 0.15) is 35.7 Å². The summed E-state index contributed by atoms with van der Waals surface area (Å²) in [6.07, 6.45) is 0. The van der Waals surface area contributed by atoms with Gasteiger partial charge in [0.25, 0.3) is 0 Å². The molecule has 0 radical (unpaired) electrons. The van der Waals surface area contributed by atoms with Gasteiger partial charge in [0.1, 0.15) is 11.3 Å². The number of carboxylic acids is 1. The van der Waals surface area contributed by atoms with Gasteiger partial charge in [-0.15, -0.1) is 0 Å². The van der Waals surface area contributed by atoms with Gasteiger partial charge >= 0.3 is 5.97 Å². The maximum atomic E-state index is 12.2. The van der Waals surface area contributed by atoms with E-state index in [2.05, 4.69) is 17.2 Å². The van der Waals surface area contributed by atoms with Gasteiger partial charge in [-0.1, -0.05) is 25.6 Å². The second-order valence-electron chi connectivity index (χ2n) is 5.48. The van der Waals surface area contributed by atoms with E-state index in [9.17, 15) is 24.3 Å². The summed E-state index contributed by atoms with van der Waals surface area (Å²) in [6, 6.07) is 4.09. The summed E-state index contributed by atoms with van der Waals surface area (Å²) < 4.78 is 0. The third kappa shape index (κ3) is 5.45. The molecule has 0 aliphatic carbocycles. The van der Waals surface area contributed by atoms with Gasteiger partial charge in [0.15, 0.2) is 5.78 Å². The molecule has 1 rings (SSSR count). The number of hydrogen-bond acceptors (Lipinski definition) is 5. The summed E-state index contributed by atoms with van der Waals surface area (Å²) >= 11 is 0. The Balaban J connectivity index is 2.65. The van der Waals surface area contributed by atoms with Crippen LogP contribution in [-0.4, -0.2) is 46.9 Å². The molecule has 8 heteroatoms. The van der Waals surface area contributed by atoms with Crippen LogP contribution in [-0.2, 0) is 14.4 Å². The number of Topliss-reactive ketones (excluding diaryl/α,β-unsaturated/α-hetero) is 1. The van der Waals surface area contributed by atoms with E-state index in [0.29, 0.717) is 0 Å². The predicted molar refractivity (Wildman–Crippen MR) is 89.3 cm³/mol. The number of para-hydroxylation sites is 1. The van der Waals surface area contributed by atoms with Crippen molar-refractivity contribution in [2.45, 2.75) is 19.8 Å². The molecule has 0 saturated carbocycles. The minimum absolute atomic E-state index is 0.162. The second-order valence-corrected chi connectivity index (χ2v) is 5.48. The van der Waals surface area contributed by atoms with Crippen molar-refractivity contribution >= 4 is 23.6 Å². The van der Waals surface area contributed by atoms with E-state index in [-0.39, 0.29) is 29.8 Å². The number of ketones is 1. The molecule has 0 aliphatic rings. The van der Waals surface area contributed by atoms with Gasteiger partial charge in [-0.3, -0.25) is 14.4 Å². The van der Waals surface area contributed by atoms with Crippen molar-refractivity contribution in [3.8, 4) is 5.75 Å². The minimum Gasteiger partial charge on any atom is -0.507 e. The zero-order valence-corrected chi connectivity index (χ0v) is 14.0. The smallest absolute Gasteiger partial charge is 0.339 e. The Kier molecular flexibility index (Phi) is 6.86. The van der Waals surface area contributed by atoms with Crippen molar-refractivity contribution in [2.24, 2.45) is 0 Å². The Morgan fingerprint density at radius 1 is 1.16 bits per heavy atom. The summed E-state index contributed by atoms with van der Waals surface area (Å²) in [5.41, 5.74) is 0.115. The van der Waals surface area contributed by atoms with E-state index < -0.39 is 35.2 Å². The number of hydrogen-bond donors (Lipinski definition) is 4. The van der Waals surface area contributed by atoms with Crippen molar-refractivity contribution in [2.75, 3.05) is 13.1 Å². The van der Waals surface area contributed by atoms with Crippen LogP contribution in [0.5, 0.6) is 5.75 Å². The summed E-state index contributed by atoms with van der Waals surface area (Å²) in [7, 11) is 0. The first-order valence-electron chi connectivity index (χ1n) is 7.43. The molecule has 0 aliphatic heterocycles. The molecule has 0 bridgehead atoms. The number of benzene rings is 1. The maximum Gasteiger partial charge on any atom is 0.339 e. The zero-order valence-electron chi connectivity index (χ0n) is 14.0. The van der Waals surface area contributed by atoms with Crippen molar-refractivity contribution < 1.29 is 29.4 Å². The van der Waals surface area contributed by atoms with Gasteiger partial charge in [-0.05, 0) is 13.0 Å². The number of aromatic hydroxyl groups is 1. The number of amides is 2. The standard InChI is InChI=1S/C17H20N2O6/c1-9(2)16(23)19-8-14(21)18-7-13(20)10(3)11-5-4-6-12(15(11)22)17(24)25/h4-6,10,22H,1,7-8H2,2-3H3,(H,18,21)(H,19,23)(H,24,25). The maximum absolute atomic E-state index is 12.2.